The zero-order valence-corrected chi connectivity index (χ0v) is 16.2. The number of amides is 1. The van der Waals surface area contributed by atoms with Gasteiger partial charge in [0.1, 0.15) is 0 Å². The first-order chi connectivity index (χ1) is 12.9. The Morgan fingerprint density at radius 1 is 1.37 bits per heavy atom. The number of hydrogen-bond donors (Lipinski definition) is 1. The normalized spacial score (nSPS) is 15.5. The Balaban J connectivity index is 1.77. The Morgan fingerprint density at radius 2 is 2.11 bits per heavy atom. The summed E-state index contributed by atoms with van der Waals surface area (Å²) in [6.45, 7) is 3.98. The number of hydrogen-bond acceptors (Lipinski definition) is 6. The number of anilines is 1. The molecule has 0 aliphatic carbocycles. The van der Waals surface area contributed by atoms with Crippen LogP contribution in [0, 0.1) is 0 Å². The second kappa shape index (κ2) is 7.96. The van der Waals surface area contributed by atoms with Crippen LogP contribution < -0.4 is 10.9 Å². The molecule has 3 rings (SSSR count). The topological polar surface area (TPSA) is 90.3 Å². The number of aromatic nitrogens is 2. The molecule has 1 aliphatic heterocycles. The van der Waals surface area contributed by atoms with Gasteiger partial charge in [0.2, 0.25) is 5.91 Å². The molecular formula is C19H21N3O4S. The lowest BCUT2D eigenvalue weighted by atomic mass is 10.1. The van der Waals surface area contributed by atoms with Crippen molar-refractivity contribution >= 4 is 29.3 Å². The predicted molar refractivity (Wildman–Crippen MR) is 103 cm³/mol. The number of nitrogens with zero attached hydrogens (tertiary/aromatic N) is 2. The van der Waals surface area contributed by atoms with Gasteiger partial charge in [0, 0.05) is 18.2 Å². The molecule has 2 aromatic rings. The van der Waals surface area contributed by atoms with Gasteiger partial charge < -0.3 is 10.1 Å². The third kappa shape index (κ3) is 4.05. The second-order valence-corrected chi connectivity index (χ2v) is 7.57. The minimum atomic E-state index is -0.519. The number of methoxy groups -OCH3 is 1. The molecule has 2 heterocycles. The molecule has 0 fully saturated rings. The van der Waals surface area contributed by atoms with Crippen molar-refractivity contribution in [3.05, 3.63) is 51.9 Å². The maximum atomic E-state index is 12.5. The molecule has 1 aromatic heterocycles. The van der Waals surface area contributed by atoms with E-state index in [4.69, 9.17) is 4.74 Å². The average molecular weight is 387 g/mol. The van der Waals surface area contributed by atoms with Gasteiger partial charge in [-0.25, -0.2) is 9.78 Å². The van der Waals surface area contributed by atoms with E-state index in [1.807, 2.05) is 13.8 Å². The van der Waals surface area contributed by atoms with Crippen molar-refractivity contribution < 1.29 is 14.3 Å². The first-order valence-electron chi connectivity index (χ1n) is 8.64. The molecule has 1 aliphatic rings. The molecule has 0 unspecified atom stereocenters. The molecule has 1 amide bonds. The van der Waals surface area contributed by atoms with Crippen LogP contribution in [0.25, 0.3) is 0 Å². The minimum Gasteiger partial charge on any atom is -0.465 e. The number of thioether (sulfide) groups is 1. The molecule has 1 atom stereocenters. The summed E-state index contributed by atoms with van der Waals surface area (Å²) in [5, 5.41) is 3.40. The molecule has 0 saturated heterocycles. The van der Waals surface area contributed by atoms with Crippen LogP contribution in [0.15, 0.2) is 40.3 Å². The number of para-hydroxylation sites is 1. The highest BCUT2D eigenvalue weighted by atomic mass is 32.2. The molecule has 0 radical (unpaired) electrons. The van der Waals surface area contributed by atoms with E-state index in [0.717, 1.165) is 5.69 Å². The lowest BCUT2D eigenvalue weighted by Crippen LogP contribution is -2.28. The summed E-state index contributed by atoms with van der Waals surface area (Å²) < 4.78 is 6.32. The highest BCUT2D eigenvalue weighted by molar-refractivity contribution is 7.99. The van der Waals surface area contributed by atoms with Crippen LogP contribution in [0.4, 0.5) is 5.69 Å². The third-order valence-electron chi connectivity index (χ3n) is 4.33. The van der Waals surface area contributed by atoms with Crippen molar-refractivity contribution in [1.82, 2.24) is 9.55 Å². The standard InChI is InChI=1S/C19H21N3O4S/c1-11(2)15-9-17(24)22-12(10-27-19(22)21-15)8-16(23)20-14-7-5-4-6-13(14)18(25)26-3/h4-7,9,11-12H,8,10H2,1-3H3,(H,20,23)/t12-/m1/s1. The van der Waals surface area contributed by atoms with Crippen LogP contribution in [-0.4, -0.2) is 34.3 Å². The van der Waals surface area contributed by atoms with E-state index in [1.54, 1.807) is 28.8 Å². The van der Waals surface area contributed by atoms with Crippen molar-refractivity contribution in [3.63, 3.8) is 0 Å². The fourth-order valence-corrected chi connectivity index (χ4v) is 4.07. The number of rotatable bonds is 5. The number of carbonyl (C=O) groups excluding carboxylic acids is 2. The quantitative estimate of drug-likeness (QED) is 0.627. The Labute approximate surface area is 161 Å². The number of nitrogens with one attached hydrogen (secondary N) is 1. The fraction of sp³-hybridized carbons (Fsp3) is 0.368. The van der Waals surface area contributed by atoms with Gasteiger partial charge in [-0.3, -0.25) is 14.2 Å². The van der Waals surface area contributed by atoms with Gasteiger partial charge in [-0.1, -0.05) is 37.7 Å². The Hall–Kier alpha value is -2.61. The SMILES string of the molecule is COC(=O)c1ccccc1NC(=O)C[C@@H]1CSc2nc(C(C)C)cc(=O)n21. The van der Waals surface area contributed by atoms with Crippen molar-refractivity contribution in [3.8, 4) is 0 Å². The van der Waals surface area contributed by atoms with Crippen LogP contribution in [-0.2, 0) is 9.53 Å². The average Bonchev–Trinajstić information content (AvgIpc) is 3.04. The van der Waals surface area contributed by atoms with Crippen LogP contribution in [0.2, 0.25) is 0 Å². The van der Waals surface area contributed by atoms with Crippen molar-refractivity contribution in [2.75, 3.05) is 18.2 Å². The smallest absolute Gasteiger partial charge is 0.339 e. The summed E-state index contributed by atoms with van der Waals surface area (Å²) in [5.74, 6) is -0.0177. The largest absolute Gasteiger partial charge is 0.465 e. The summed E-state index contributed by atoms with van der Waals surface area (Å²) in [5.41, 5.74) is 1.30. The van der Waals surface area contributed by atoms with Gasteiger partial charge in [0.05, 0.1) is 30.1 Å². The summed E-state index contributed by atoms with van der Waals surface area (Å²) in [7, 11) is 1.29. The summed E-state index contributed by atoms with van der Waals surface area (Å²) >= 11 is 1.48. The van der Waals surface area contributed by atoms with Crippen LogP contribution in [0.5, 0.6) is 0 Å². The van der Waals surface area contributed by atoms with Crippen LogP contribution >= 0.6 is 11.8 Å². The van der Waals surface area contributed by atoms with E-state index < -0.39 is 5.97 Å². The monoisotopic (exact) mass is 387 g/mol. The van der Waals surface area contributed by atoms with E-state index >= 15 is 0 Å². The third-order valence-corrected chi connectivity index (χ3v) is 5.43. The van der Waals surface area contributed by atoms with Gasteiger partial charge >= 0.3 is 5.97 Å². The fourth-order valence-electron chi connectivity index (χ4n) is 2.91. The van der Waals surface area contributed by atoms with E-state index in [9.17, 15) is 14.4 Å². The summed E-state index contributed by atoms with van der Waals surface area (Å²) in [6.07, 6.45) is 0.123. The van der Waals surface area contributed by atoms with Gasteiger partial charge in [0.15, 0.2) is 5.16 Å². The molecule has 8 heteroatoms. The van der Waals surface area contributed by atoms with E-state index in [-0.39, 0.29) is 35.4 Å². The lowest BCUT2D eigenvalue weighted by Gasteiger charge is -2.15. The van der Waals surface area contributed by atoms with Crippen LogP contribution in [0.1, 0.15) is 48.3 Å². The minimum absolute atomic E-state index is 0.123. The molecule has 0 saturated carbocycles. The molecule has 1 aromatic carbocycles. The Kier molecular flexibility index (Phi) is 5.65. The van der Waals surface area contributed by atoms with E-state index in [1.165, 1.54) is 24.9 Å². The maximum Gasteiger partial charge on any atom is 0.339 e. The van der Waals surface area contributed by atoms with Crippen molar-refractivity contribution in [2.24, 2.45) is 0 Å². The summed E-state index contributed by atoms with van der Waals surface area (Å²) in [6, 6.07) is 7.93. The first-order valence-corrected chi connectivity index (χ1v) is 9.62. The van der Waals surface area contributed by atoms with E-state index in [0.29, 0.717) is 16.6 Å². The lowest BCUT2D eigenvalue weighted by molar-refractivity contribution is -0.116. The second-order valence-electron chi connectivity index (χ2n) is 6.58. The predicted octanol–water partition coefficient (Wildman–Crippen LogP) is 2.83. The molecule has 7 nitrogen and oxygen atoms in total. The number of benzene rings is 1. The highest BCUT2D eigenvalue weighted by Gasteiger charge is 2.28. The summed E-state index contributed by atoms with van der Waals surface area (Å²) in [4.78, 5) is 41.4. The van der Waals surface area contributed by atoms with Gasteiger partial charge in [0.25, 0.3) is 5.56 Å². The van der Waals surface area contributed by atoms with Gasteiger partial charge in [-0.2, -0.15) is 0 Å². The number of fused-ring (bicyclic) bond motifs is 1. The molecule has 1 N–H and O–H groups in total. The maximum absolute atomic E-state index is 12.5. The van der Waals surface area contributed by atoms with E-state index in [2.05, 4.69) is 10.3 Å². The first kappa shape index (κ1) is 19.2. The number of esters is 1. The van der Waals surface area contributed by atoms with Crippen molar-refractivity contribution in [1.29, 1.82) is 0 Å². The van der Waals surface area contributed by atoms with Gasteiger partial charge in [-0.05, 0) is 18.1 Å². The van der Waals surface area contributed by atoms with Crippen molar-refractivity contribution in [2.45, 2.75) is 37.4 Å². The Morgan fingerprint density at radius 3 is 2.81 bits per heavy atom. The zero-order chi connectivity index (χ0) is 19.6. The highest BCUT2D eigenvalue weighted by Crippen LogP contribution is 2.33. The number of ether oxygens (including phenoxy) is 1. The molecule has 0 spiro atoms. The molecule has 142 valence electrons. The molecular weight excluding hydrogens is 366 g/mol. The Bertz CT molecular complexity index is 939. The molecule has 0 bridgehead atoms. The number of carbonyl (C=O) groups is 2. The molecule has 27 heavy (non-hydrogen) atoms. The van der Waals surface area contributed by atoms with Gasteiger partial charge in [-0.15, -0.1) is 0 Å². The van der Waals surface area contributed by atoms with Crippen LogP contribution in [0.3, 0.4) is 0 Å². The zero-order valence-electron chi connectivity index (χ0n) is 15.4.